The van der Waals surface area contributed by atoms with Crippen molar-refractivity contribution in [2.24, 2.45) is 5.73 Å². The van der Waals surface area contributed by atoms with Crippen molar-refractivity contribution in [3.8, 4) is 5.75 Å². The number of nitrogens with two attached hydrogens (primary N) is 1. The van der Waals surface area contributed by atoms with Crippen molar-refractivity contribution in [1.82, 2.24) is 0 Å². The van der Waals surface area contributed by atoms with Gasteiger partial charge in [0.25, 0.3) is 11.8 Å². The first-order valence-corrected chi connectivity index (χ1v) is 9.31. The minimum absolute atomic E-state index is 0.163. The number of anilines is 1. The van der Waals surface area contributed by atoms with Gasteiger partial charge in [-0.3, -0.25) is 9.59 Å². The third-order valence-electron chi connectivity index (χ3n) is 4.43. The predicted molar refractivity (Wildman–Crippen MR) is 100 cm³/mol. The maximum atomic E-state index is 12.7. The number of amides is 2. The van der Waals surface area contributed by atoms with Crippen LogP contribution in [0.2, 0.25) is 0 Å². The Balaban J connectivity index is 1.66. The number of nitrogens with one attached hydrogen (secondary N) is 1. The van der Waals surface area contributed by atoms with E-state index in [0.717, 1.165) is 35.1 Å². The van der Waals surface area contributed by atoms with Crippen LogP contribution in [0.25, 0.3) is 11.0 Å². The molecule has 1 aliphatic rings. The Labute approximate surface area is 153 Å². The SMILES string of the molecule is CCOc1cccc2cc(C(=O)Nc3sc4c(c3C(N)=O)CCC4)oc12. The highest BCUT2D eigenvalue weighted by Crippen LogP contribution is 2.39. The molecule has 3 aromatic rings. The molecule has 4 rings (SSSR count). The van der Waals surface area contributed by atoms with Crippen LogP contribution in [-0.2, 0) is 12.8 Å². The van der Waals surface area contributed by atoms with Gasteiger partial charge in [0.15, 0.2) is 17.1 Å². The van der Waals surface area contributed by atoms with E-state index in [0.29, 0.717) is 28.5 Å². The summed E-state index contributed by atoms with van der Waals surface area (Å²) in [6.45, 7) is 2.39. The topological polar surface area (TPSA) is 94.6 Å². The molecule has 7 heteroatoms. The largest absolute Gasteiger partial charge is 0.490 e. The molecule has 134 valence electrons. The van der Waals surface area contributed by atoms with Gasteiger partial charge < -0.3 is 20.2 Å². The zero-order valence-electron chi connectivity index (χ0n) is 14.3. The van der Waals surface area contributed by atoms with Gasteiger partial charge in [-0.25, -0.2) is 0 Å². The average Bonchev–Trinajstić information content (AvgIpc) is 3.28. The molecule has 0 saturated heterocycles. The fraction of sp³-hybridized carbons (Fsp3) is 0.263. The van der Waals surface area contributed by atoms with E-state index in [1.807, 2.05) is 19.1 Å². The lowest BCUT2D eigenvalue weighted by atomic mass is 10.1. The van der Waals surface area contributed by atoms with E-state index in [9.17, 15) is 9.59 Å². The molecule has 2 aromatic heterocycles. The Morgan fingerprint density at radius 2 is 2.19 bits per heavy atom. The third-order valence-corrected chi connectivity index (χ3v) is 5.63. The molecule has 3 N–H and O–H groups in total. The summed E-state index contributed by atoms with van der Waals surface area (Å²) in [5.41, 5.74) is 7.47. The molecule has 1 aliphatic carbocycles. The Morgan fingerprint density at radius 3 is 2.96 bits per heavy atom. The molecule has 0 fully saturated rings. The van der Waals surface area contributed by atoms with Gasteiger partial charge in [-0.15, -0.1) is 11.3 Å². The molecule has 2 amide bonds. The number of rotatable bonds is 5. The molecule has 0 unspecified atom stereocenters. The van der Waals surface area contributed by atoms with Crippen LogP contribution < -0.4 is 15.8 Å². The zero-order chi connectivity index (χ0) is 18.3. The molecular formula is C19H18N2O4S. The van der Waals surface area contributed by atoms with Crippen molar-refractivity contribution in [3.63, 3.8) is 0 Å². The van der Waals surface area contributed by atoms with Crippen LogP contribution in [0, 0.1) is 0 Å². The Bertz CT molecular complexity index is 1020. The standard InChI is InChI=1S/C19H18N2O4S/c1-2-24-12-7-3-5-10-9-13(25-16(10)12)18(23)21-19-15(17(20)22)11-6-4-8-14(11)26-19/h3,5,7,9H,2,4,6,8H2,1H3,(H2,20,22)(H,21,23). The fourth-order valence-corrected chi connectivity index (χ4v) is 4.62. The summed E-state index contributed by atoms with van der Waals surface area (Å²) in [6, 6.07) is 7.16. The van der Waals surface area contributed by atoms with E-state index in [1.54, 1.807) is 12.1 Å². The van der Waals surface area contributed by atoms with Crippen LogP contribution in [0.15, 0.2) is 28.7 Å². The van der Waals surface area contributed by atoms with E-state index in [4.69, 9.17) is 14.9 Å². The first kappa shape index (κ1) is 16.7. The monoisotopic (exact) mass is 370 g/mol. The van der Waals surface area contributed by atoms with Gasteiger partial charge >= 0.3 is 0 Å². The lowest BCUT2D eigenvalue weighted by molar-refractivity contribution is 0.0999. The average molecular weight is 370 g/mol. The number of furan rings is 1. The molecule has 0 bridgehead atoms. The normalized spacial score (nSPS) is 13.0. The van der Waals surface area contributed by atoms with Crippen LogP contribution in [0.3, 0.4) is 0 Å². The number of para-hydroxylation sites is 1. The second-order valence-corrected chi connectivity index (χ2v) is 7.20. The van der Waals surface area contributed by atoms with Crippen molar-refractivity contribution in [2.45, 2.75) is 26.2 Å². The van der Waals surface area contributed by atoms with Crippen LogP contribution >= 0.6 is 11.3 Å². The number of hydrogen-bond acceptors (Lipinski definition) is 5. The molecule has 0 saturated carbocycles. The molecule has 6 nitrogen and oxygen atoms in total. The molecule has 0 aliphatic heterocycles. The highest BCUT2D eigenvalue weighted by molar-refractivity contribution is 7.17. The number of primary amides is 1. The lowest BCUT2D eigenvalue weighted by Crippen LogP contribution is -2.17. The van der Waals surface area contributed by atoms with Crippen molar-refractivity contribution in [1.29, 1.82) is 0 Å². The van der Waals surface area contributed by atoms with E-state index < -0.39 is 11.8 Å². The summed E-state index contributed by atoms with van der Waals surface area (Å²) >= 11 is 1.42. The molecule has 1 aromatic carbocycles. The number of thiophene rings is 1. The van der Waals surface area contributed by atoms with Crippen LogP contribution in [0.5, 0.6) is 5.75 Å². The number of hydrogen-bond donors (Lipinski definition) is 2. The van der Waals surface area contributed by atoms with E-state index in [1.165, 1.54) is 11.3 Å². The highest BCUT2D eigenvalue weighted by atomic mass is 32.1. The Kier molecular flexibility index (Phi) is 4.16. The van der Waals surface area contributed by atoms with Gasteiger partial charge in [0.1, 0.15) is 5.00 Å². The van der Waals surface area contributed by atoms with Crippen LogP contribution in [0.1, 0.15) is 44.7 Å². The quantitative estimate of drug-likeness (QED) is 0.715. The third kappa shape index (κ3) is 2.74. The van der Waals surface area contributed by atoms with Gasteiger partial charge in [-0.05, 0) is 43.9 Å². The van der Waals surface area contributed by atoms with E-state index in [-0.39, 0.29) is 5.76 Å². The predicted octanol–water partition coefficient (Wildman–Crippen LogP) is 3.73. The van der Waals surface area contributed by atoms with Crippen molar-refractivity contribution in [2.75, 3.05) is 11.9 Å². The summed E-state index contributed by atoms with van der Waals surface area (Å²) < 4.78 is 11.3. The number of benzene rings is 1. The Hall–Kier alpha value is -2.80. The summed E-state index contributed by atoms with van der Waals surface area (Å²) in [7, 11) is 0. The minimum atomic E-state index is -0.511. The smallest absolute Gasteiger partial charge is 0.292 e. The maximum absolute atomic E-state index is 12.7. The van der Waals surface area contributed by atoms with Gasteiger partial charge in [-0.2, -0.15) is 0 Å². The molecule has 0 atom stereocenters. The molecule has 0 radical (unpaired) electrons. The first-order chi connectivity index (χ1) is 12.6. The number of aryl methyl sites for hydroxylation is 1. The van der Waals surface area contributed by atoms with Crippen LogP contribution in [-0.4, -0.2) is 18.4 Å². The van der Waals surface area contributed by atoms with Crippen molar-refractivity contribution >= 4 is 39.1 Å². The zero-order valence-corrected chi connectivity index (χ0v) is 15.1. The number of carbonyl (C=O) groups is 2. The molecule has 2 heterocycles. The summed E-state index contributed by atoms with van der Waals surface area (Å²) in [5.74, 6) is -0.165. The van der Waals surface area contributed by atoms with E-state index in [2.05, 4.69) is 5.32 Å². The first-order valence-electron chi connectivity index (χ1n) is 8.49. The van der Waals surface area contributed by atoms with Gasteiger partial charge in [0.05, 0.1) is 12.2 Å². The Morgan fingerprint density at radius 1 is 1.35 bits per heavy atom. The van der Waals surface area contributed by atoms with Gasteiger partial charge in [0.2, 0.25) is 0 Å². The lowest BCUT2D eigenvalue weighted by Gasteiger charge is -2.04. The van der Waals surface area contributed by atoms with Gasteiger partial charge in [0, 0.05) is 10.3 Å². The highest BCUT2D eigenvalue weighted by Gasteiger charge is 2.27. The minimum Gasteiger partial charge on any atom is -0.490 e. The summed E-state index contributed by atoms with van der Waals surface area (Å²) in [4.78, 5) is 25.6. The fourth-order valence-electron chi connectivity index (χ4n) is 3.34. The van der Waals surface area contributed by atoms with Crippen molar-refractivity contribution < 1.29 is 18.7 Å². The summed E-state index contributed by atoms with van der Waals surface area (Å²) in [6.07, 6.45) is 2.75. The second-order valence-electron chi connectivity index (χ2n) is 6.10. The second kappa shape index (κ2) is 6.49. The molecule has 26 heavy (non-hydrogen) atoms. The maximum Gasteiger partial charge on any atom is 0.292 e. The number of ether oxygens (including phenoxy) is 1. The molecule has 0 spiro atoms. The molecular weight excluding hydrogens is 352 g/mol. The number of carbonyl (C=O) groups excluding carboxylic acids is 2. The number of fused-ring (bicyclic) bond motifs is 2. The van der Waals surface area contributed by atoms with Crippen LogP contribution in [0.4, 0.5) is 5.00 Å². The van der Waals surface area contributed by atoms with Crippen molar-refractivity contribution in [3.05, 3.63) is 46.0 Å². The van der Waals surface area contributed by atoms with E-state index >= 15 is 0 Å². The van der Waals surface area contributed by atoms with Gasteiger partial charge in [-0.1, -0.05) is 12.1 Å². The summed E-state index contributed by atoms with van der Waals surface area (Å²) in [5, 5.41) is 4.07.